The normalized spacial score (nSPS) is 11.6. The average molecular weight is 358 g/mol. The van der Waals surface area contributed by atoms with Crippen LogP contribution in [0.2, 0.25) is 0 Å². The van der Waals surface area contributed by atoms with Gasteiger partial charge in [-0.2, -0.15) is 4.98 Å². The van der Waals surface area contributed by atoms with Gasteiger partial charge < -0.3 is 9.52 Å². The molecule has 27 heavy (non-hydrogen) atoms. The highest BCUT2D eigenvalue weighted by molar-refractivity contribution is 6.06. The third-order valence-corrected chi connectivity index (χ3v) is 4.63. The maximum absolute atomic E-state index is 13.0. The molecule has 0 amide bonds. The topological polar surface area (TPSA) is 93.5 Å². The Morgan fingerprint density at radius 3 is 2.67 bits per heavy atom. The summed E-state index contributed by atoms with van der Waals surface area (Å²) in [4.78, 5) is 26.1. The fourth-order valence-electron chi connectivity index (χ4n) is 3.46. The van der Waals surface area contributed by atoms with Crippen molar-refractivity contribution in [2.75, 3.05) is 0 Å². The molecule has 0 spiro atoms. The molecule has 7 heteroatoms. The van der Waals surface area contributed by atoms with Gasteiger partial charge in [-0.1, -0.05) is 30.3 Å². The number of hydrogen-bond acceptors (Lipinski definition) is 6. The van der Waals surface area contributed by atoms with Gasteiger partial charge in [0.1, 0.15) is 17.4 Å². The second kappa shape index (κ2) is 5.38. The Balaban J connectivity index is 1.93. The van der Waals surface area contributed by atoms with Crippen LogP contribution in [0.25, 0.3) is 39.0 Å². The molecule has 5 rings (SSSR count). The molecule has 0 bridgehead atoms. The Morgan fingerprint density at radius 1 is 1.11 bits per heavy atom. The van der Waals surface area contributed by atoms with E-state index in [9.17, 15) is 9.90 Å². The van der Waals surface area contributed by atoms with E-state index in [4.69, 9.17) is 4.42 Å². The first kappa shape index (κ1) is 15.5. The standard InChI is InChI=1S/C20H14N4O3/c1-10-8-11(2)22-19-13(10)15-16(27-19)17-23-18(25)14(12-6-4-3-5-7-12)20(26)24(17)9-21-15/h3-9,25H,1-2H3. The molecule has 0 radical (unpaired) electrons. The van der Waals surface area contributed by atoms with Crippen LogP contribution < -0.4 is 5.56 Å². The third kappa shape index (κ3) is 2.15. The number of pyridine rings is 1. The van der Waals surface area contributed by atoms with Crippen molar-refractivity contribution in [3.8, 4) is 17.0 Å². The summed E-state index contributed by atoms with van der Waals surface area (Å²) in [6.07, 6.45) is 1.41. The van der Waals surface area contributed by atoms with Gasteiger partial charge in [-0.15, -0.1) is 0 Å². The lowest BCUT2D eigenvalue weighted by molar-refractivity contribution is 0.455. The Bertz CT molecular complexity index is 1420. The minimum absolute atomic E-state index is 0.121. The van der Waals surface area contributed by atoms with E-state index in [-0.39, 0.29) is 17.1 Å². The van der Waals surface area contributed by atoms with Crippen LogP contribution in [-0.2, 0) is 0 Å². The molecule has 0 aliphatic carbocycles. The summed E-state index contributed by atoms with van der Waals surface area (Å²) < 4.78 is 7.16. The number of aromatic nitrogens is 4. The van der Waals surface area contributed by atoms with Crippen LogP contribution in [0.5, 0.6) is 5.88 Å². The van der Waals surface area contributed by atoms with E-state index < -0.39 is 5.56 Å². The predicted octanol–water partition coefficient (Wildman–Crippen LogP) is 3.37. The molecule has 0 saturated heterocycles. The van der Waals surface area contributed by atoms with Gasteiger partial charge in [-0.05, 0) is 31.0 Å². The molecule has 1 N–H and O–H groups in total. The van der Waals surface area contributed by atoms with Crippen molar-refractivity contribution in [2.24, 2.45) is 0 Å². The molecule has 0 saturated carbocycles. The highest BCUT2D eigenvalue weighted by Gasteiger charge is 2.20. The molecule has 4 aromatic heterocycles. The van der Waals surface area contributed by atoms with Crippen molar-refractivity contribution in [2.45, 2.75) is 13.8 Å². The lowest BCUT2D eigenvalue weighted by atomic mass is 10.1. The zero-order chi connectivity index (χ0) is 18.7. The van der Waals surface area contributed by atoms with E-state index in [2.05, 4.69) is 15.0 Å². The maximum Gasteiger partial charge on any atom is 0.270 e. The highest BCUT2D eigenvalue weighted by atomic mass is 16.3. The Morgan fingerprint density at radius 2 is 1.89 bits per heavy atom. The van der Waals surface area contributed by atoms with Gasteiger partial charge in [0.15, 0.2) is 11.2 Å². The summed E-state index contributed by atoms with van der Waals surface area (Å²) in [5.41, 5.74) is 3.61. The van der Waals surface area contributed by atoms with Crippen LogP contribution in [0.3, 0.4) is 0 Å². The van der Waals surface area contributed by atoms with Crippen LogP contribution in [0.1, 0.15) is 11.3 Å². The van der Waals surface area contributed by atoms with E-state index >= 15 is 0 Å². The van der Waals surface area contributed by atoms with Crippen LogP contribution in [0, 0.1) is 13.8 Å². The summed E-state index contributed by atoms with van der Waals surface area (Å²) in [6, 6.07) is 10.9. The Kier molecular flexibility index (Phi) is 3.09. The molecule has 0 aliphatic heterocycles. The third-order valence-electron chi connectivity index (χ3n) is 4.63. The number of fused-ring (bicyclic) bond motifs is 5. The zero-order valence-corrected chi connectivity index (χ0v) is 14.6. The van der Waals surface area contributed by atoms with Gasteiger partial charge in [0.05, 0.1) is 5.39 Å². The van der Waals surface area contributed by atoms with Gasteiger partial charge in [-0.25, -0.2) is 14.4 Å². The number of aryl methyl sites for hydroxylation is 2. The molecule has 1 aromatic carbocycles. The van der Waals surface area contributed by atoms with Crippen LogP contribution in [0.4, 0.5) is 0 Å². The largest absolute Gasteiger partial charge is 0.493 e. The molecule has 0 aliphatic rings. The predicted molar refractivity (Wildman–Crippen MR) is 101 cm³/mol. The molecule has 5 aromatic rings. The molecular formula is C20H14N4O3. The fraction of sp³-hybridized carbons (Fsp3) is 0.100. The summed E-state index contributed by atoms with van der Waals surface area (Å²) >= 11 is 0. The highest BCUT2D eigenvalue weighted by Crippen LogP contribution is 2.32. The van der Waals surface area contributed by atoms with E-state index in [1.54, 1.807) is 24.3 Å². The first-order chi connectivity index (χ1) is 13.0. The second-order valence-corrected chi connectivity index (χ2v) is 6.46. The monoisotopic (exact) mass is 358 g/mol. The minimum Gasteiger partial charge on any atom is -0.493 e. The second-order valence-electron chi connectivity index (χ2n) is 6.46. The average Bonchev–Trinajstić information content (AvgIpc) is 3.01. The van der Waals surface area contributed by atoms with Gasteiger partial charge in [0.25, 0.3) is 5.56 Å². The number of hydrogen-bond donors (Lipinski definition) is 1. The van der Waals surface area contributed by atoms with Crippen molar-refractivity contribution in [1.29, 1.82) is 0 Å². The first-order valence-electron chi connectivity index (χ1n) is 8.41. The van der Waals surface area contributed by atoms with Crippen molar-refractivity contribution < 1.29 is 9.52 Å². The first-order valence-corrected chi connectivity index (χ1v) is 8.41. The van der Waals surface area contributed by atoms with Gasteiger partial charge in [0.2, 0.25) is 11.6 Å². The van der Waals surface area contributed by atoms with E-state index in [1.807, 2.05) is 26.0 Å². The van der Waals surface area contributed by atoms with Crippen LogP contribution in [-0.4, -0.2) is 24.5 Å². The van der Waals surface area contributed by atoms with Crippen molar-refractivity contribution >= 4 is 27.8 Å². The number of aromatic hydroxyl groups is 1. The lowest BCUT2D eigenvalue weighted by Crippen LogP contribution is -2.17. The molecule has 0 atom stereocenters. The number of rotatable bonds is 1. The van der Waals surface area contributed by atoms with Crippen LogP contribution >= 0.6 is 0 Å². The molecule has 4 heterocycles. The molecule has 0 unspecified atom stereocenters. The molecule has 0 fully saturated rings. The SMILES string of the molecule is Cc1cc(C)c2c(n1)oc1c2ncn2c(=O)c(-c3ccccc3)c(O)nc12. The minimum atomic E-state index is -0.417. The van der Waals surface area contributed by atoms with Gasteiger partial charge in [-0.3, -0.25) is 4.79 Å². The van der Waals surface area contributed by atoms with Crippen LogP contribution in [0.15, 0.2) is 51.9 Å². The smallest absolute Gasteiger partial charge is 0.270 e. The Hall–Kier alpha value is -3.74. The van der Waals surface area contributed by atoms with E-state index in [0.717, 1.165) is 16.6 Å². The fourth-order valence-corrected chi connectivity index (χ4v) is 3.46. The lowest BCUT2D eigenvalue weighted by Gasteiger charge is -2.06. The van der Waals surface area contributed by atoms with Gasteiger partial charge in [0, 0.05) is 5.69 Å². The molecule has 7 nitrogen and oxygen atoms in total. The van der Waals surface area contributed by atoms with E-state index in [0.29, 0.717) is 22.4 Å². The number of furan rings is 1. The Labute approximate surface area is 152 Å². The summed E-state index contributed by atoms with van der Waals surface area (Å²) in [6.45, 7) is 3.83. The van der Waals surface area contributed by atoms with Crippen molar-refractivity contribution in [3.05, 3.63) is 64.3 Å². The molecular weight excluding hydrogens is 344 g/mol. The summed E-state index contributed by atoms with van der Waals surface area (Å²) in [7, 11) is 0. The van der Waals surface area contributed by atoms with Crippen molar-refractivity contribution in [1.82, 2.24) is 19.4 Å². The summed E-state index contributed by atoms with van der Waals surface area (Å²) in [5.74, 6) is -0.347. The van der Waals surface area contributed by atoms with Gasteiger partial charge >= 0.3 is 0 Å². The molecule has 132 valence electrons. The zero-order valence-electron chi connectivity index (χ0n) is 14.6. The summed E-state index contributed by atoms with van der Waals surface area (Å²) in [5, 5.41) is 11.3. The number of nitrogens with zero attached hydrogens (tertiary/aromatic N) is 4. The van der Waals surface area contributed by atoms with E-state index in [1.165, 1.54) is 10.7 Å². The van der Waals surface area contributed by atoms with Crippen molar-refractivity contribution in [3.63, 3.8) is 0 Å². The number of benzene rings is 1. The quantitative estimate of drug-likeness (QED) is 0.494. The maximum atomic E-state index is 13.0.